The van der Waals surface area contributed by atoms with Crippen molar-refractivity contribution in [2.45, 2.75) is 59.0 Å². The van der Waals surface area contributed by atoms with Gasteiger partial charge in [0.2, 0.25) is 0 Å². The molecule has 144 valence electrons. The summed E-state index contributed by atoms with van der Waals surface area (Å²) in [6.45, 7) is 9.67. The maximum absolute atomic E-state index is 12.9. The number of nitrogens with zero attached hydrogens (tertiary/aromatic N) is 2. The fraction of sp³-hybridized carbons (Fsp3) is 0.737. The maximum atomic E-state index is 12.9. The first-order valence-corrected chi connectivity index (χ1v) is 10.2. The predicted octanol–water partition coefficient (Wildman–Crippen LogP) is 3.47. The number of amides is 2. The van der Waals surface area contributed by atoms with E-state index in [2.05, 4.69) is 10.3 Å². The van der Waals surface area contributed by atoms with Crippen molar-refractivity contribution < 1.29 is 14.3 Å². The number of carbonyl (C=O) groups is 2. The van der Waals surface area contributed by atoms with Crippen LogP contribution in [0.1, 0.15) is 61.6 Å². The Morgan fingerprint density at radius 3 is 2.88 bits per heavy atom. The minimum atomic E-state index is -0.502. The molecule has 0 spiro atoms. The number of aryl methyl sites for hydroxylation is 1. The Kier molecular flexibility index (Phi) is 5.28. The van der Waals surface area contributed by atoms with Crippen molar-refractivity contribution in [3.05, 3.63) is 16.1 Å². The molecule has 1 aliphatic carbocycles. The summed E-state index contributed by atoms with van der Waals surface area (Å²) in [7, 11) is 0. The van der Waals surface area contributed by atoms with Crippen LogP contribution in [0.15, 0.2) is 6.20 Å². The Morgan fingerprint density at radius 2 is 2.23 bits per heavy atom. The maximum Gasteiger partial charge on any atom is 0.407 e. The van der Waals surface area contributed by atoms with Crippen molar-refractivity contribution in [2.75, 3.05) is 19.6 Å². The van der Waals surface area contributed by atoms with Crippen LogP contribution in [0, 0.1) is 11.3 Å². The van der Waals surface area contributed by atoms with Crippen molar-refractivity contribution in [2.24, 2.45) is 11.3 Å². The lowest BCUT2D eigenvalue weighted by molar-refractivity contribution is 0.0494. The average Bonchev–Trinajstić information content (AvgIpc) is 3.24. The normalized spacial score (nSPS) is 25.2. The Labute approximate surface area is 159 Å². The molecule has 3 rings (SSSR count). The predicted molar refractivity (Wildman–Crippen MR) is 101 cm³/mol. The molecule has 0 radical (unpaired) electrons. The molecule has 2 amide bonds. The molecule has 2 fully saturated rings. The van der Waals surface area contributed by atoms with Crippen molar-refractivity contribution in [1.29, 1.82) is 0 Å². The molecule has 0 unspecified atom stereocenters. The molecule has 1 aromatic heterocycles. The molecule has 0 bridgehead atoms. The van der Waals surface area contributed by atoms with E-state index in [1.807, 2.05) is 32.6 Å². The number of rotatable bonds is 4. The number of ether oxygens (including phenoxy) is 1. The molecule has 2 aliphatic rings. The van der Waals surface area contributed by atoms with E-state index in [1.165, 1.54) is 11.3 Å². The van der Waals surface area contributed by atoms with E-state index in [1.54, 1.807) is 6.20 Å². The third kappa shape index (κ3) is 4.03. The number of hydrogen-bond donors (Lipinski definition) is 1. The molecule has 6 nitrogen and oxygen atoms in total. The van der Waals surface area contributed by atoms with Crippen molar-refractivity contribution in [3.63, 3.8) is 0 Å². The first-order valence-electron chi connectivity index (χ1n) is 9.43. The molecule has 2 atom stereocenters. The van der Waals surface area contributed by atoms with Crippen molar-refractivity contribution in [3.8, 4) is 0 Å². The van der Waals surface area contributed by atoms with Crippen LogP contribution in [0.5, 0.6) is 0 Å². The molecule has 1 N–H and O–H groups in total. The topological polar surface area (TPSA) is 71.5 Å². The van der Waals surface area contributed by atoms with E-state index < -0.39 is 5.60 Å². The molecule has 1 aromatic rings. The molecule has 1 saturated heterocycles. The number of aromatic nitrogens is 1. The van der Waals surface area contributed by atoms with Crippen LogP contribution in [0.4, 0.5) is 4.79 Å². The Hall–Kier alpha value is -1.63. The molecule has 7 heteroatoms. The van der Waals surface area contributed by atoms with Gasteiger partial charge < -0.3 is 15.0 Å². The molecule has 2 heterocycles. The summed E-state index contributed by atoms with van der Waals surface area (Å²) in [6, 6.07) is 0. The SMILES string of the molecule is CCc1ncc(C(=O)N2C[C@H]3CCC[C@@]3(CNC(=O)OC(C)(C)C)C2)s1. The van der Waals surface area contributed by atoms with Crippen LogP contribution >= 0.6 is 11.3 Å². The lowest BCUT2D eigenvalue weighted by atomic mass is 9.81. The van der Waals surface area contributed by atoms with Gasteiger partial charge in [0.25, 0.3) is 5.91 Å². The van der Waals surface area contributed by atoms with Crippen molar-refractivity contribution >= 4 is 23.3 Å². The highest BCUT2D eigenvalue weighted by Gasteiger charge is 2.51. The lowest BCUT2D eigenvalue weighted by Gasteiger charge is -2.29. The zero-order chi connectivity index (χ0) is 18.9. The fourth-order valence-electron chi connectivity index (χ4n) is 4.15. The minimum absolute atomic E-state index is 0.0230. The number of hydrogen-bond acceptors (Lipinski definition) is 5. The van der Waals surface area contributed by atoms with Gasteiger partial charge in [-0.05, 0) is 46.0 Å². The van der Waals surface area contributed by atoms with Gasteiger partial charge in [0, 0.05) is 25.0 Å². The fourth-order valence-corrected chi connectivity index (χ4v) is 4.97. The van der Waals surface area contributed by atoms with Crippen LogP contribution < -0.4 is 5.32 Å². The smallest absolute Gasteiger partial charge is 0.407 e. The van der Waals surface area contributed by atoms with Gasteiger partial charge in [0.05, 0.1) is 11.2 Å². The molecular formula is C19H29N3O3S. The van der Waals surface area contributed by atoms with E-state index in [9.17, 15) is 9.59 Å². The second kappa shape index (κ2) is 7.18. The summed E-state index contributed by atoms with van der Waals surface area (Å²) in [6.07, 6.45) is 5.49. The number of fused-ring (bicyclic) bond motifs is 1. The Balaban J connectivity index is 1.64. The summed E-state index contributed by atoms with van der Waals surface area (Å²) in [5.41, 5.74) is -0.525. The highest BCUT2D eigenvalue weighted by molar-refractivity contribution is 7.13. The average molecular weight is 380 g/mol. The van der Waals surface area contributed by atoms with Gasteiger partial charge in [-0.25, -0.2) is 9.78 Å². The Morgan fingerprint density at radius 1 is 1.46 bits per heavy atom. The zero-order valence-corrected chi connectivity index (χ0v) is 16.9. The van der Waals surface area contributed by atoms with Gasteiger partial charge in [-0.15, -0.1) is 11.3 Å². The number of nitrogens with one attached hydrogen (secondary N) is 1. The summed E-state index contributed by atoms with van der Waals surface area (Å²) < 4.78 is 5.36. The van der Waals surface area contributed by atoms with E-state index in [4.69, 9.17) is 4.74 Å². The van der Waals surface area contributed by atoms with Crippen LogP contribution in [0.25, 0.3) is 0 Å². The third-order valence-corrected chi connectivity index (χ3v) is 6.51. The Bertz CT molecular complexity index is 682. The van der Waals surface area contributed by atoms with Crippen LogP contribution in [0.3, 0.4) is 0 Å². The number of thiazole rings is 1. The highest BCUT2D eigenvalue weighted by Crippen LogP contribution is 2.48. The van der Waals surface area contributed by atoms with Gasteiger partial charge in [-0.3, -0.25) is 4.79 Å². The summed E-state index contributed by atoms with van der Waals surface area (Å²) in [5, 5.41) is 3.94. The first-order chi connectivity index (χ1) is 12.2. The van der Waals surface area contributed by atoms with E-state index >= 15 is 0 Å². The van der Waals surface area contributed by atoms with Crippen LogP contribution in [-0.4, -0.2) is 47.1 Å². The lowest BCUT2D eigenvalue weighted by Crippen LogP contribution is -2.43. The standard InChI is InChI=1S/C19H29N3O3S/c1-5-15-20-9-14(26-15)16(23)22-10-13-7-6-8-19(13,12-22)11-21-17(24)25-18(2,3)4/h9,13H,5-8,10-12H2,1-4H3,(H,21,24)/t13-,19-/m1/s1. The van der Waals surface area contributed by atoms with Crippen LogP contribution in [0.2, 0.25) is 0 Å². The van der Waals surface area contributed by atoms with E-state index in [0.717, 1.165) is 42.1 Å². The van der Waals surface area contributed by atoms with Gasteiger partial charge in [-0.2, -0.15) is 0 Å². The van der Waals surface area contributed by atoms with E-state index in [-0.39, 0.29) is 17.4 Å². The number of likely N-dealkylation sites (tertiary alicyclic amines) is 1. The molecule has 0 aromatic carbocycles. The largest absolute Gasteiger partial charge is 0.444 e. The second-order valence-corrected chi connectivity index (χ2v) is 9.58. The van der Waals surface area contributed by atoms with E-state index in [0.29, 0.717) is 19.0 Å². The number of carbonyl (C=O) groups excluding carboxylic acids is 2. The van der Waals surface area contributed by atoms with Gasteiger partial charge in [-0.1, -0.05) is 13.3 Å². The molecule has 26 heavy (non-hydrogen) atoms. The second-order valence-electron chi connectivity index (χ2n) is 8.46. The van der Waals surface area contributed by atoms with Gasteiger partial charge in [0.15, 0.2) is 0 Å². The van der Waals surface area contributed by atoms with Crippen molar-refractivity contribution in [1.82, 2.24) is 15.2 Å². The van der Waals surface area contributed by atoms with Gasteiger partial charge >= 0.3 is 6.09 Å². The van der Waals surface area contributed by atoms with Gasteiger partial charge in [0.1, 0.15) is 10.5 Å². The van der Waals surface area contributed by atoms with Crippen LogP contribution in [-0.2, 0) is 11.2 Å². The zero-order valence-electron chi connectivity index (χ0n) is 16.1. The summed E-state index contributed by atoms with van der Waals surface area (Å²) in [4.78, 5) is 31.9. The molecule has 1 aliphatic heterocycles. The highest BCUT2D eigenvalue weighted by atomic mass is 32.1. The summed E-state index contributed by atoms with van der Waals surface area (Å²) in [5.74, 6) is 0.521. The minimum Gasteiger partial charge on any atom is -0.444 e. The third-order valence-electron chi connectivity index (χ3n) is 5.38. The molecule has 1 saturated carbocycles. The monoisotopic (exact) mass is 379 g/mol. The number of alkyl carbamates (subject to hydrolysis) is 1. The summed E-state index contributed by atoms with van der Waals surface area (Å²) >= 11 is 1.49. The molecular weight excluding hydrogens is 350 g/mol. The quantitative estimate of drug-likeness (QED) is 0.869. The first kappa shape index (κ1) is 19.1.